The lowest BCUT2D eigenvalue weighted by molar-refractivity contribution is 0.123. The molecule has 0 radical (unpaired) electrons. The second kappa shape index (κ2) is 7.43. The molecule has 0 saturated heterocycles. The predicted molar refractivity (Wildman–Crippen MR) is 60.8 cm³/mol. The molecule has 86 valence electrons. The van der Waals surface area contributed by atoms with Gasteiger partial charge in [-0.25, -0.2) is 4.98 Å². The van der Waals surface area contributed by atoms with Crippen LogP contribution in [-0.2, 0) is 11.3 Å². The van der Waals surface area contributed by atoms with Crippen LogP contribution in [0.15, 0.2) is 18.7 Å². The molecule has 1 N–H and O–H groups in total. The number of aromatic nitrogens is 2. The van der Waals surface area contributed by atoms with Crippen LogP contribution < -0.4 is 5.32 Å². The second-order valence-electron chi connectivity index (χ2n) is 3.88. The van der Waals surface area contributed by atoms with Gasteiger partial charge in [0.05, 0.1) is 12.9 Å². The Kier molecular flexibility index (Phi) is 6.04. The summed E-state index contributed by atoms with van der Waals surface area (Å²) in [5.41, 5.74) is 0. The van der Waals surface area contributed by atoms with Crippen molar-refractivity contribution in [2.45, 2.75) is 32.9 Å². The van der Waals surface area contributed by atoms with Crippen molar-refractivity contribution in [2.24, 2.45) is 0 Å². The molecule has 0 saturated carbocycles. The quantitative estimate of drug-likeness (QED) is 0.659. The third-order valence-electron chi connectivity index (χ3n) is 2.07. The Balaban J connectivity index is 1.85. The fraction of sp³-hybridized carbons (Fsp3) is 0.727. The zero-order valence-electron chi connectivity index (χ0n) is 9.65. The van der Waals surface area contributed by atoms with E-state index in [2.05, 4.69) is 24.1 Å². The Morgan fingerprint density at radius 2 is 2.27 bits per heavy atom. The highest BCUT2D eigenvalue weighted by molar-refractivity contribution is 4.73. The van der Waals surface area contributed by atoms with Crippen molar-refractivity contribution < 1.29 is 4.74 Å². The Hall–Kier alpha value is -0.870. The summed E-state index contributed by atoms with van der Waals surface area (Å²) in [6, 6.07) is 0.566. The van der Waals surface area contributed by atoms with Crippen LogP contribution in [0.2, 0.25) is 0 Å². The van der Waals surface area contributed by atoms with Crippen molar-refractivity contribution in [3.63, 3.8) is 0 Å². The number of nitrogens with one attached hydrogen (secondary N) is 1. The van der Waals surface area contributed by atoms with Crippen LogP contribution >= 0.6 is 0 Å². The van der Waals surface area contributed by atoms with Crippen LogP contribution in [0.4, 0.5) is 0 Å². The number of imidazole rings is 1. The van der Waals surface area contributed by atoms with Crippen molar-refractivity contribution >= 4 is 0 Å². The molecular formula is C11H21N3O. The highest BCUT2D eigenvalue weighted by Gasteiger charge is 1.93. The van der Waals surface area contributed by atoms with Gasteiger partial charge in [-0.05, 0) is 13.0 Å². The fourth-order valence-electron chi connectivity index (χ4n) is 1.26. The van der Waals surface area contributed by atoms with Gasteiger partial charge in [0.25, 0.3) is 0 Å². The minimum Gasteiger partial charge on any atom is -0.380 e. The summed E-state index contributed by atoms with van der Waals surface area (Å²) in [5.74, 6) is 0. The largest absolute Gasteiger partial charge is 0.380 e. The topological polar surface area (TPSA) is 39.1 Å². The van der Waals surface area contributed by atoms with Crippen LogP contribution in [0.1, 0.15) is 20.3 Å². The van der Waals surface area contributed by atoms with Gasteiger partial charge in [-0.3, -0.25) is 0 Å². The maximum absolute atomic E-state index is 5.50. The predicted octanol–water partition coefficient (Wildman–Crippen LogP) is 1.29. The van der Waals surface area contributed by atoms with Crippen LogP contribution in [0.3, 0.4) is 0 Å². The molecule has 4 heteroatoms. The van der Waals surface area contributed by atoms with Crippen molar-refractivity contribution in [2.75, 3.05) is 19.8 Å². The Bertz CT molecular complexity index is 234. The summed E-state index contributed by atoms with van der Waals surface area (Å²) < 4.78 is 7.52. The van der Waals surface area contributed by atoms with Crippen molar-refractivity contribution in [1.82, 2.24) is 14.9 Å². The molecule has 1 aromatic rings. The molecule has 15 heavy (non-hydrogen) atoms. The number of hydrogen-bond donors (Lipinski definition) is 1. The van der Waals surface area contributed by atoms with E-state index in [-0.39, 0.29) is 0 Å². The second-order valence-corrected chi connectivity index (χ2v) is 3.88. The summed E-state index contributed by atoms with van der Waals surface area (Å²) in [5, 5.41) is 3.35. The average Bonchev–Trinajstić information content (AvgIpc) is 2.68. The minimum absolute atomic E-state index is 0.566. The monoisotopic (exact) mass is 211 g/mol. The van der Waals surface area contributed by atoms with Crippen LogP contribution in [0.5, 0.6) is 0 Å². The van der Waals surface area contributed by atoms with E-state index >= 15 is 0 Å². The molecule has 4 nitrogen and oxygen atoms in total. The van der Waals surface area contributed by atoms with Gasteiger partial charge in [0.2, 0.25) is 0 Å². The first kappa shape index (κ1) is 12.2. The van der Waals surface area contributed by atoms with Crippen molar-refractivity contribution in [1.29, 1.82) is 0 Å². The van der Waals surface area contributed by atoms with E-state index in [1.165, 1.54) is 0 Å². The molecule has 0 fully saturated rings. The van der Waals surface area contributed by atoms with Gasteiger partial charge in [-0.2, -0.15) is 0 Å². The lowest BCUT2D eigenvalue weighted by Gasteiger charge is -2.08. The Labute approximate surface area is 91.7 Å². The lowest BCUT2D eigenvalue weighted by atomic mass is 10.3. The molecule has 1 aromatic heterocycles. The number of rotatable bonds is 8. The van der Waals surface area contributed by atoms with E-state index in [0.717, 1.165) is 32.7 Å². The van der Waals surface area contributed by atoms with E-state index in [1.54, 1.807) is 6.20 Å². The molecule has 0 unspecified atom stereocenters. The molecule has 0 atom stereocenters. The van der Waals surface area contributed by atoms with Gasteiger partial charge in [0.1, 0.15) is 0 Å². The molecule has 0 aliphatic heterocycles. The highest BCUT2D eigenvalue weighted by Crippen LogP contribution is 1.88. The summed E-state index contributed by atoms with van der Waals surface area (Å²) in [6.45, 7) is 7.81. The third-order valence-corrected chi connectivity index (χ3v) is 2.07. The normalized spacial score (nSPS) is 11.1. The Morgan fingerprint density at radius 1 is 1.40 bits per heavy atom. The first-order valence-electron chi connectivity index (χ1n) is 5.56. The number of nitrogens with zero attached hydrogens (tertiary/aromatic N) is 2. The average molecular weight is 211 g/mol. The molecule has 1 rings (SSSR count). The lowest BCUT2D eigenvalue weighted by Crippen LogP contribution is -2.24. The summed E-state index contributed by atoms with van der Waals surface area (Å²) in [6.07, 6.45) is 6.61. The summed E-state index contributed by atoms with van der Waals surface area (Å²) >= 11 is 0. The zero-order valence-corrected chi connectivity index (χ0v) is 9.65. The standard InChI is InChI=1S/C11H21N3O/c1-11(2)13-4-3-8-15-9-7-14-6-5-12-10-14/h5-6,10-11,13H,3-4,7-9H2,1-2H3. The van der Waals surface area contributed by atoms with Gasteiger partial charge < -0.3 is 14.6 Å². The minimum atomic E-state index is 0.566. The van der Waals surface area contributed by atoms with E-state index in [1.807, 2.05) is 17.1 Å². The van der Waals surface area contributed by atoms with Crippen molar-refractivity contribution in [3.05, 3.63) is 18.7 Å². The molecule has 1 heterocycles. The van der Waals surface area contributed by atoms with E-state index < -0.39 is 0 Å². The first-order chi connectivity index (χ1) is 7.29. The third kappa shape index (κ3) is 6.25. The molecular weight excluding hydrogens is 190 g/mol. The van der Waals surface area contributed by atoms with Gasteiger partial charge in [0, 0.05) is 31.6 Å². The van der Waals surface area contributed by atoms with Crippen LogP contribution in [-0.4, -0.2) is 35.4 Å². The molecule has 0 aromatic carbocycles. The smallest absolute Gasteiger partial charge is 0.0946 e. The number of hydrogen-bond acceptors (Lipinski definition) is 3. The van der Waals surface area contributed by atoms with E-state index in [0.29, 0.717) is 6.04 Å². The summed E-state index contributed by atoms with van der Waals surface area (Å²) in [7, 11) is 0. The maximum Gasteiger partial charge on any atom is 0.0946 e. The SMILES string of the molecule is CC(C)NCCCOCCn1ccnc1. The molecule has 0 aliphatic rings. The molecule has 0 spiro atoms. The van der Waals surface area contributed by atoms with E-state index in [9.17, 15) is 0 Å². The Morgan fingerprint density at radius 3 is 2.93 bits per heavy atom. The van der Waals surface area contributed by atoms with Crippen molar-refractivity contribution in [3.8, 4) is 0 Å². The van der Waals surface area contributed by atoms with Crippen LogP contribution in [0.25, 0.3) is 0 Å². The fourth-order valence-corrected chi connectivity index (χ4v) is 1.26. The summed E-state index contributed by atoms with van der Waals surface area (Å²) in [4.78, 5) is 3.97. The molecule has 0 bridgehead atoms. The van der Waals surface area contributed by atoms with Gasteiger partial charge in [-0.15, -0.1) is 0 Å². The molecule has 0 aliphatic carbocycles. The molecule has 0 amide bonds. The maximum atomic E-state index is 5.50. The van der Waals surface area contributed by atoms with Crippen LogP contribution in [0, 0.1) is 0 Å². The highest BCUT2D eigenvalue weighted by atomic mass is 16.5. The van der Waals surface area contributed by atoms with Gasteiger partial charge in [-0.1, -0.05) is 13.8 Å². The van der Waals surface area contributed by atoms with Gasteiger partial charge in [0.15, 0.2) is 0 Å². The number of ether oxygens (including phenoxy) is 1. The van der Waals surface area contributed by atoms with Gasteiger partial charge >= 0.3 is 0 Å². The zero-order chi connectivity index (χ0) is 10.9. The van der Waals surface area contributed by atoms with E-state index in [4.69, 9.17) is 4.74 Å². The first-order valence-corrected chi connectivity index (χ1v) is 5.56.